The smallest absolute Gasteiger partial charge is 0.227 e. The first-order valence-corrected chi connectivity index (χ1v) is 6.91. The van der Waals surface area contributed by atoms with Gasteiger partial charge < -0.3 is 9.26 Å². The molecular weight excluding hydrogens is 275 g/mol. The monoisotopic (exact) mass is 290 g/mol. The van der Waals surface area contributed by atoms with Gasteiger partial charge in [0.15, 0.2) is 11.6 Å². The molecule has 0 radical (unpaired) electrons. The van der Waals surface area contributed by atoms with Crippen molar-refractivity contribution in [3.05, 3.63) is 47.4 Å². The van der Waals surface area contributed by atoms with Crippen LogP contribution in [-0.2, 0) is 11.2 Å². The number of hydrogen-bond donors (Lipinski definition) is 0. The van der Waals surface area contributed by atoms with Gasteiger partial charge in [-0.2, -0.15) is 4.98 Å². The third kappa shape index (κ3) is 3.33. The van der Waals surface area contributed by atoms with E-state index in [1.54, 1.807) is 0 Å². The number of aromatic nitrogens is 2. The molecule has 5 nitrogen and oxygen atoms in total. The van der Waals surface area contributed by atoms with Crippen molar-refractivity contribution in [2.24, 2.45) is 0 Å². The fourth-order valence-electron chi connectivity index (χ4n) is 2.27. The number of benzene rings is 1. The standard InChI is InChI=1S/C15H15FN2O3/c16-12-3-1-10(2-4-12)13(19)5-6-14-17-15(18-21-14)11-7-8-20-9-11/h1-4,11H,5-9H2/t11-/m1/s1. The molecule has 6 heteroatoms. The third-order valence-corrected chi connectivity index (χ3v) is 3.51. The Bertz CT molecular complexity index is 618. The summed E-state index contributed by atoms with van der Waals surface area (Å²) in [6.45, 7) is 1.34. The molecule has 1 aliphatic rings. The van der Waals surface area contributed by atoms with Crippen LogP contribution in [0.25, 0.3) is 0 Å². The largest absolute Gasteiger partial charge is 0.381 e. The van der Waals surface area contributed by atoms with E-state index in [2.05, 4.69) is 10.1 Å². The lowest BCUT2D eigenvalue weighted by Gasteiger charge is -1.99. The SMILES string of the molecule is O=C(CCc1nc([C@@H]2CCOC2)no1)c1ccc(F)cc1. The van der Waals surface area contributed by atoms with E-state index in [9.17, 15) is 9.18 Å². The Kier molecular flexibility index (Phi) is 4.06. The summed E-state index contributed by atoms with van der Waals surface area (Å²) in [4.78, 5) is 16.3. The van der Waals surface area contributed by atoms with E-state index in [1.165, 1.54) is 24.3 Å². The molecule has 0 amide bonds. The Morgan fingerprint density at radius 1 is 1.33 bits per heavy atom. The molecule has 1 aromatic carbocycles. The lowest BCUT2D eigenvalue weighted by atomic mass is 10.1. The highest BCUT2D eigenvalue weighted by Gasteiger charge is 2.23. The molecule has 0 saturated carbocycles. The van der Waals surface area contributed by atoms with E-state index >= 15 is 0 Å². The molecule has 0 unspecified atom stereocenters. The van der Waals surface area contributed by atoms with Gasteiger partial charge in [-0.3, -0.25) is 4.79 Å². The van der Waals surface area contributed by atoms with Gasteiger partial charge in [0.1, 0.15) is 5.82 Å². The van der Waals surface area contributed by atoms with Gasteiger partial charge in [-0.1, -0.05) is 5.16 Å². The van der Waals surface area contributed by atoms with Crippen molar-refractivity contribution < 1.29 is 18.4 Å². The summed E-state index contributed by atoms with van der Waals surface area (Å²) in [5.41, 5.74) is 0.486. The molecule has 1 aromatic heterocycles. The van der Waals surface area contributed by atoms with Crippen LogP contribution in [0.5, 0.6) is 0 Å². The number of Topliss-reactive ketones (excluding diaryl/α,β-unsaturated/α-hetero) is 1. The summed E-state index contributed by atoms with van der Waals surface area (Å²) in [5.74, 6) is 0.866. The Morgan fingerprint density at radius 3 is 2.86 bits per heavy atom. The van der Waals surface area contributed by atoms with Crippen molar-refractivity contribution in [3.8, 4) is 0 Å². The molecule has 0 N–H and O–H groups in total. The van der Waals surface area contributed by atoms with Crippen molar-refractivity contribution >= 4 is 5.78 Å². The normalized spacial score (nSPS) is 18.0. The average molecular weight is 290 g/mol. The van der Waals surface area contributed by atoms with E-state index in [0.717, 1.165) is 13.0 Å². The second-order valence-electron chi connectivity index (χ2n) is 5.04. The fourth-order valence-corrected chi connectivity index (χ4v) is 2.27. The zero-order valence-electron chi connectivity index (χ0n) is 11.4. The molecule has 0 spiro atoms. The van der Waals surface area contributed by atoms with E-state index in [0.29, 0.717) is 30.3 Å². The number of carbonyl (C=O) groups is 1. The minimum Gasteiger partial charge on any atom is -0.381 e. The number of nitrogens with zero attached hydrogens (tertiary/aromatic N) is 2. The molecule has 1 fully saturated rings. The van der Waals surface area contributed by atoms with Crippen LogP contribution in [0.4, 0.5) is 4.39 Å². The number of carbonyl (C=O) groups excluding carboxylic acids is 1. The van der Waals surface area contributed by atoms with Gasteiger partial charge in [-0.15, -0.1) is 0 Å². The molecule has 1 saturated heterocycles. The van der Waals surface area contributed by atoms with Crippen LogP contribution in [0.15, 0.2) is 28.8 Å². The minimum absolute atomic E-state index is 0.0704. The molecule has 1 atom stereocenters. The van der Waals surface area contributed by atoms with Gasteiger partial charge in [-0.05, 0) is 30.7 Å². The van der Waals surface area contributed by atoms with Crippen LogP contribution in [0, 0.1) is 5.82 Å². The fraction of sp³-hybridized carbons (Fsp3) is 0.400. The van der Waals surface area contributed by atoms with E-state index in [4.69, 9.17) is 9.26 Å². The lowest BCUT2D eigenvalue weighted by molar-refractivity contribution is 0.0979. The number of rotatable bonds is 5. The summed E-state index contributed by atoms with van der Waals surface area (Å²) < 4.78 is 23.2. The summed E-state index contributed by atoms with van der Waals surface area (Å²) in [6.07, 6.45) is 1.54. The Morgan fingerprint density at radius 2 is 2.14 bits per heavy atom. The summed E-state index contributed by atoms with van der Waals surface area (Å²) in [5, 5.41) is 3.93. The molecule has 110 valence electrons. The minimum atomic E-state index is -0.355. The molecule has 2 heterocycles. The molecule has 3 rings (SSSR count). The van der Waals surface area contributed by atoms with Crippen LogP contribution >= 0.6 is 0 Å². The highest BCUT2D eigenvalue weighted by atomic mass is 19.1. The van der Waals surface area contributed by atoms with Crippen LogP contribution in [0.2, 0.25) is 0 Å². The average Bonchev–Trinajstić information content (AvgIpc) is 3.16. The van der Waals surface area contributed by atoms with E-state index in [-0.39, 0.29) is 23.9 Å². The number of ketones is 1. The molecule has 0 aliphatic carbocycles. The highest BCUT2D eigenvalue weighted by Crippen LogP contribution is 2.22. The predicted octanol–water partition coefficient (Wildman–Crippen LogP) is 2.53. The molecule has 0 bridgehead atoms. The van der Waals surface area contributed by atoms with Crippen LogP contribution < -0.4 is 0 Å². The zero-order valence-corrected chi connectivity index (χ0v) is 11.4. The number of hydrogen-bond acceptors (Lipinski definition) is 5. The van der Waals surface area contributed by atoms with E-state index < -0.39 is 0 Å². The summed E-state index contributed by atoms with van der Waals surface area (Å²) >= 11 is 0. The van der Waals surface area contributed by atoms with Gasteiger partial charge in [-0.25, -0.2) is 4.39 Å². The first-order valence-electron chi connectivity index (χ1n) is 6.91. The Labute approximate surface area is 121 Å². The van der Waals surface area contributed by atoms with Crippen molar-refractivity contribution in [2.45, 2.75) is 25.2 Å². The third-order valence-electron chi connectivity index (χ3n) is 3.51. The van der Waals surface area contributed by atoms with Crippen LogP contribution in [0.1, 0.15) is 40.8 Å². The van der Waals surface area contributed by atoms with E-state index in [1.807, 2.05) is 0 Å². The maximum atomic E-state index is 12.8. The predicted molar refractivity (Wildman–Crippen MR) is 71.5 cm³/mol. The molecule has 21 heavy (non-hydrogen) atoms. The molecular formula is C15H15FN2O3. The van der Waals surface area contributed by atoms with Crippen LogP contribution in [-0.4, -0.2) is 29.1 Å². The van der Waals surface area contributed by atoms with Gasteiger partial charge in [0.2, 0.25) is 5.89 Å². The lowest BCUT2D eigenvalue weighted by Crippen LogP contribution is -2.02. The maximum absolute atomic E-state index is 12.8. The van der Waals surface area contributed by atoms with Gasteiger partial charge in [0.25, 0.3) is 0 Å². The first kappa shape index (κ1) is 13.9. The van der Waals surface area contributed by atoms with Gasteiger partial charge >= 0.3 is 0 Å². The van der Waals surface area contributed by atoms with Gasteiger partial charge in [0.05, 0.1) is 6.61 Å². The Balaban J connectivity index is 1.57. The van der Waals surface area contributed by atoms with Crippen molar-refractivity contribution in [2.75, 3.05) is 13.2 Å². The first-order chi connectivity index (χ1) is 10.2. The maximum Gasteiger partial charge on any atom is 0.227 e. The van der Waals surface area contributed by atoms with Crippen LogP contribution in [0.3, 0.4) is 0 Å². The quantitative estimate of drug-likeness (QED) is 0.792. The van der Waals surface area contributed by atoms with Gasteiger partial charge in [0, 0.05) is 30.9 Å². The second kappa shape index (κ2) is 6.13. The number of ether oxygens (including phenoxy) is 1. The number of halogens is 1. The second-order valence-corrected chi connectivity index (χ2v) is 5.04. The van der Waals surface area contributed by atoms with Crippen molar-refractivity contribution in [1.82, 2.24) is 10.1 Å². The van der Waals surface area contributed by atoms with Crippen molar-refractivity contribution in [3.63, 3.8) is 0 Å². The summed E-state index contributed by atoms with van der Waals surface area (Å²) in [7, 11) is 0. The topological polar surface area (TPSA) is 65.2 Å². The number of aryl methyl sites for hydroxylation is 1. The highest BCUT2D eigenvalue weighted by molar-refractivity contribution is 5.96. The Hall–Kier alpha value is -2.08. The molecule has 2 aromatic rings. The van der Waals surface area contributed by atoms with Crippen molar-refractivity contribution in [1.29, 1.82) is 0 Å². The zero-order chi connectivity index (χ0) is 14.7. The molecule has 1 aliphatic heterocycles. The summed E-state index contributed by atoms with van der Waals surface area (Å²) in [6, 6.07) is 5.51.